The molecule has 17 heavy (non-hydrogen) atoms. The van der Waals surface area contributed by atoms with Crippen LogP contribution in [0.3, 0.4) is 0 Å². The summed E-state index contributed by atoms with van der Waals surface area (Å²) in [6.07, 6.45) is -0.275. The summed E-state index contributed by atoms with van der Waals surface area (Å²) in [4.78, 5) is 1.29. The van der Waals surface area contributed by atoms with Crippen LogP contribution in [0.25, 0.3) is 0 Å². The molecule has 0 heterocycles. The van der Waals surface area contributed by atoms with Crippen LogP contribution in [0.4, 0.5) is 0 Å². The van der Waals surface area contributed by atoms with Gasteiger partial charge in [0, 0.05) is 9.64 Å². The SMILES string of the molecule is Cc1cc(C)cc(SC(C)(C)C(C)C(C)O)c1. The van der Waals surface area contributed by atoms with Crippen molar-refractivity contribution in [3.63, 3.8) is 0 Å². The van der Waals surface area contributed by atoms with Crippen molar-refractivity contribution >= 4 is 11.8 Å². The molecule has 2 heteroatoms. The maximum Gasteiger partial charge on any atom is 0.0550 e. The molecule has 0 aliphatic heterocycles. The minimum Gasteiger partial charge on any atom is -0.393 e. The Morgan fingerprint density at radius 2 is 1.53 bits per heavy atom. The van der Waals surface area contributed by atoms with E-state index in [1.54, 1.807) is 0 Å². The third-order valence-electron chi connectivity index (χ3n) is 3.40. The van der Waals surface area contributed by atoms with Crippen molar-refractivity contribution in [3.05, 3.63) is 29.3 Å². The van der Waals surface area contributed by atoms with Gasteiger partial charge in [0.2, 0.25) is 0 Å². The van der Waals surface area contributed by atoms with Gasteiger partial charge in [-0.05, 0) is 63.8 Å². The predicted molar refractivity (Wildman–Crippen MR) is 76.7 cm³/mol. The Labute approximate surface area is 110 Å². The molecule has 0 aliphatic rings. The summed E-state index contributed by atoms with van der Waals surface area (Å²) in [7, 11) is 0. The lowest BCUT2D eigenvalue weighted by atomic mass is 9.92. The van der Waals surface area contributed by atoms with E-state index < -0.39 is 0 Å². The summed E-state index contributed by atoms with van der Waals surface area (Å²) in [5.74, 6) is 0.258. The maximum absolute atomic E-state index is 9.73. The molecule has 0 bridgehead atoms. The molecule has 2 atom stereocenters. The lowest BCUT2D eigenvalue weighted by molar-refractivity contribution is 0.118. The molecule has 1 N–H and O–H groups in total. The molecule has 0 fully saturated rings. The van der Waals surface area contributed by atoms with Crippen LogP contribution in [-0.2, 0) is 0 Å². The molecule has 1 aromatic rings. The lowest BCUT2D eigenvalue weighted by Gasteiger charge is -2.33. The van der Waals surface area contributed by atoms with Gasteiger partial charge in [-0.3, -0.25) is 0 Å². The number of hydrogen-bond donors (Lipinski definition) is 1. The van der Waals surface area contributed by atoms with Gasteiger partial charge in [0.05, 0.1) is 6.10 Å². The van der Waals surface area contributed by atoms with Crippen LogP contribution in [0.2, 0.25) is 0 Å². The first-order valence-electron chi connectivity index (χ1n) is 6.18. The molecular formula is C15H24OS. The van der Waals surface area contributed by atoms with Crippen molar-refractivity contribution in [3.8, 4) is 0 Å². The number of aliphatic hydroxyl groups is 1. The van der Waals surface area contributed by atoms with Gasteiger partial charge < -0.3 is 5.11 Å². The Morgan fingerprint density at radius 1 is 1.06 bits per heavy atom. The van der Waals surface area contributed by atoms with E-state index in [2.05, 4.69) is 52.8 Å². The number of rotatable bonds is 4. The summed E-state index contributed by atoms with van der Waals surface area (Å²) in [6, 6.07) is 6.62. The molecule has 1 rings (SSSR count). The zero-order valence-corrected chi connectivity index (χ0v) is 12.6. The van der Waals surface area contributed by atoms with E-state index in [0.717, 1.165) is 0 Å². The molecule has 2 unspecified atom stereocenters. The summed E-state index contributed by atoms with van der Waals surface area (Å²) in [6.45, 7) is 12.6. The van der Waals surface area contributed by atoms with Crippen LogP contribution >= 0.6 is 11.8 Å². The Kier molecular flexibility index (Phi) is 4.68. The first-order valence-corrected chi connectivity index (χ1v) is 6.99. The zero-order valence-electron chi connectivity index (χ0n) is 11.7. The Bertz CT molecular complexity index is 362. The van der Waals surface area contributed by atoms with E-state index in [1.807, 2.05) is 18.7 Å². The molecule has 96 valence electrons. The van der Waals surface area contributed by atoms with Crippen LogP contribution in [0.5, 0.6) is 0 Å². The second-order valence-corrected chi connectivity index (χ2v) is 7.29. The van der Waals surface area contributed by atoms with Crippen LogP contribution in [0.1, 0.15) is 38.8 Å². The Balaban J connectivity index is 2.89. The third-order valence-corrected chi connectivity index (χ3v) is 4.77. The van der Waals surface area contributed by atoms with Crippen LogP contribution < -0.4 is 0 Å². The molecule has 1 nitrogen and oxygen atoms in total. The van der Waals surface area contributed by atoms with Gasteiger partial charge in [0.1, 0.15) is 0 Å². The fourth-order valence-corrected chi connectivity index (χ4v) is 3.45. The topological polar surface area (TPSA) is 20.2 Å². The molecular weight excluding hydrogens is 228 g/mol. The standard InChI is InChI=1S/C15H24OS/c1-10-7-11(2)9-14(8-10)17-15(5,6)12(3)13(4)16/h7-9,12-13,16H,1-6H3. The van der Waals surface area contributed by atoms with Crippen LogP contribution in [-0.4, -0.2) is 16.0 Å². The van der Waals surface area contributed by atoms with Crippen molar-refractivity contribution in [1.29, 1.82) is 0 Å². The summed E-state index contributed by atoms with van der Waals surface area (Å²) >= 11 is 1.85. The number of aliphatic hydroxyl groups excluding tert-OH is 1. The van der Waals surface area contributed by atoms with E-state index >= 15 is 0 Å². The highest BCUT2D eigenvalue weighted by Gasteiger charge is 2.30. The molecule has 0 spiro atoms. The van der Waals surface area contributed by atoms with Gasteiger partial charge in [0.15, 0.2) is 0 Å². The van der Waals surface area contributed by atoms with Crippen molar-refractivity contribution in [2.24, 2.45) is 5.92 Å². The highest BCUT2D eigenvalue weighted by atomic mass is 32.2. The minimum absolute atomic E-state index is 0.0361. The fourth-order valence-electron chi connectivity index (χ4n) is 1.97. The first kappa shape index (κ1) is 14.6. The number of benzene rings is 1. The number of aryl methyl sites for hydroxylation is 2. The Hall–Kier alpha value is -0.470. The van der Waals surface area contributed by atoms with Gasteiger partial charge in [-0.2, -0.15) is 0 Å². The van der Waals surface area contributed by atoms with E-state index in [-0.39, 0.29) is 16.8 Å². The smallest absolute Gasteiger partial charge is 0.0550 e. The van der Waals surface area contributed by atoms with Crippen molar-refractivity contribution < 1.29 is 5.11 Å². The number of hydrogen-bond acceptors (Lipinski definition) is 2. The minimum atomic E-state index is -0.275. The van der Waals surface area contributed by atoms with Crippen LogP contribution in [0.15, 0.2) is 23.1 Å². The molecule has 0 radical (unpaired) electrons. The van der Waals surface area contributed by atoms with Crippen molar-refractivity contribution in [2.75, 3.05) is 0 Å². The maximum atomic E-state index is 9.73. The molecule has 0 aliphatic carbocycles. The monoisotopic (exact) mass is 252 g/mol. The molecule has 0 aromatic heterocycles. The zero-order chi connectivity index (χ0) is 13.2. The average Bonchev–Trinajstić information content (AvgIpc) is 2.13. The van der Waals surface area contributed by atoms with E-state index in [0.29, 0.717) is 0 Å². The van der Waals surface area contributed by atoms with Gasteiger partial charge in [-0.15, -0.1) is 11.8 Å². The number of thioether (sulfide) groups is 1. The summed E-state index contributed by atoms with van der Waals surface area (Å²) < 4.78 is 0.0361. The van der Waals surface area contributed by atoms with Crippen molar-refractivity contribution in [2.45, 2.75) is 57.3 Å². The van der Waals surface area contributed by atoms with Gasteiger partial charge in [0.25, 0.3) is 0 Å². The second kappa shape index (κ2) is 5.45. The average molecular weight is 252 g/mol. The highest BCUT2D eigenvalue weighted by molar-refractivity contribution is 8.00. The molecule has 0 saturated heterocycles. The Morgan fingerprint density at radius 3 is 1.94 bits per heavy atom. The summed E-state index contributed by atoms with van der Waals surface area (Å²) in [5, 5.41) is 9.73. The van der Waals surface area contributed by atoms with Gasteiger partial charge in [-0.1, -0.05) is 13.0 Å². The second-order valence-electron chi connectivity index (χ2n) is 5.56. The normalized spacial score (nSPS) is 15.7. The van der Waals surface area contributed by atoms with Gasteiger partial charge >= 0.3 is 0 Å². The quantitative estimate of drug-likeness (QED) is 0.811. The van der Waals surface area contributed by atoms with E-state index in [1.165, 1.54) is 16.0 Å². The summed E-state index contributed by atoms with van der Waals surface area (Å²) in [5.41, 5.74) is 2.60. The molecule has 0 amide bonds. The predicted octanol–water partition coefficient (Wildman–Crippen LogP) is 4.19. The molecule has 1 aromatic carbocycles. The van der Waals surface area contributed by atoms with E-state index in [9.17, 15) is 5.11 Å². The third kappa shape index (κ3) is 4.04. The van der Waals surface area contributed by atoms with Crippen LogP contribution in [0, 0.1) is 19.8 Å². The lowest BCUT2D eigenvalue weighted by Crippen LogP contribution is -2.33. The highest BCUT2D eigenvalue weighted by Crippen LogP contribution is 2.40. The van der Waals surface area contributed by atoms with Gasteiger partial charge in [-0.25, -0.2) is 0 Å². The molecule has 0 saturated carbocycles. The van der Waals surface area contributed by atoms with E-state index in [4.69, 9.17) is 0 Å². The first-order chi connectivity index (χ1) is 7.72. The van der Waals surface area contributed by atoms with Crippen molar-refractivity contribution in [1.82, 2.24) is 0 Å². The largest absolute Gasteiger partial charge is 0.393 e. The fraction of sp³-hybridized carbons (Fsp3) is 0.600.